The Balaban J connectivity index is 1.71. The zero-order valence-corrected chi connectivity index (χ0v) is 15.5. The average Bonchev–Trinajstić information content (AvgIpc) is 2.69. The number of aryl methyl sites for hydroxylation is 1. The van der Waals surface area contributed by atoms with Crippen molar-refractivity contribution < 1.29 is 19.0 Å². The van der Waals surface area contributed by atoms with Gasteiger partial charge < -0.3 is 19.5 Å². The van der Waals surface area contributed by atoms with Gasteiger partial charge in [-0.15, -0.1) is 0 Å². The van der Waals surface area contributed by atoms with Gasteiger partial charge in [0.1, 0.15) is 23.0 Å². The van der Waals surface area contributed by atoms with Crippen LogP contribution in [0.25, 0.3) is 0 Å². The highest BCUT2D eigenvalue weighted by atomic mass is 16.5. The van der Waals surface area contributed by atoms with Gasteiger partial charge in [0.05, 0.1) is 19.9 Å². The maximum atomic E-state index is 12.5. The number of ether oxygens (including phenoxy) is 3. The molecule has 0 saturated carbocycles. The van der Waals surface area contributed by atoms with Crippen molar-refractivity contribution in [2.24, 2.45) is 0 Å². The fourth-order valence-corrected chi connectivity index (χ4v) is 2.59. The van der Waals surface area contributed by atoms with Gasteiger partial charge in [-0.05, 0) is 61.0 Å². The molecule has 0 saturated heterocycles. The van der Waals surface area contributed by atoms with Gasteiger partial charge in [-0.3, -0.25) is 4.79 Å². The second-order valence-corrected chi connectivity index (χ2v) is 5.96. The SMILES string of the molecule is COc1ccc(NC(=O)c2ccc(Oc3cccc(C)c3)cc2)c(OC)c1. The topological polar surface area (TPSA) is 56.8 Å². The number of hydrogen-bond donors (Lipinski definition) is 1. The summed E-state index contributed by atoms with van der Waals surface area (Å²) >= 11 is 0. The van der Waals surface area contributed by atoms with Crippen molar-refractivity contribution in [1.82, 2.24) is 0 Å². The first-order valence-electron chi connectivity index (χ1n) is 8.47. The minimum Gasteiger partial charge on any atom is -0.497 e. The van der Waals surface area contributed by atoms with Crippen LogP contribution in [0.5, 0.6) is 23.0 Å². The van der Waals surface area contributed by atoms with Crippen LogP contribution in [0.15, 0.2) is 66.7 Å². The summed E-state index contributed by atoms with van der Waals surface area (Å²) in [6.07, 6.45) is 0. The van der Waals surface area contributed by atoms with Gasteiger partial charge in [0.15, 0.2) is 0 Å². The standard InChI is InChI=1S/C22H21NO4/c1-15-5-4-6-19(13-15)27-17-9-7-16(8-10-17)22(24)23-20-12-11-18(25-2)14-21(20)26-3/h4-14H,1-3H3,(H,23,24). The molecule has 0 aliphatic rings. The zero-order valence-electron chi connectivity index (χ0n) is 15.5. The van der Waals surface area contributed by atoms with Crippen LogP contribution >= 0.6 is 0 Å². The molecule has 0 unspecified atom stereocenters. The molecule has 0 aromatic heterocycles. The number of nitrogens with one attached hydrogen (secondary N) is 1. The van der Waals surface area contributed by atoms with E-state index < -0.39 is 0 Å². The molecule has 0 radical (unpaired) electrons. The minimum atomic E-state index is -0.236. The van der Waals surface area contributed by atoms with E-state index in [9.17, 15) is 4.79 Å². The van der Waals surface area contributed by atoms with Crippen LogP contribution in [0.3, 0.4) is 0 Å². The Morgan fingerprint density at radius 2 is 1.56 bits per heavy atom. The van der Waals surface area contributed by atoms with Gasteiger partial charge in [-0.2, -0.15) is 0 Å². The lowest BCUT2D eigenvalue weighted by Gasteiger charge is -2.12. The molecule has 0 heterocycles. The number of rotatable bonds is 6. The van der Waals surface area contributed by atoms with E-state index in [4.69, 9.17) is 14.2 Å². The van der Waals surface area contributed by atoms with E-state index in [1.807, 2.05) is 31.2 Å². The molecular formula is C22H21NO4. The van der Waals surface area contributed by atoms with E-state index in [-0.39, 0.29) is 5.91 Å². The first kappa shape index (κ1) is 18.3. The maximum absolute atomic E-state index is 12.5. The predicted molar refractivity (Wildman–Crippen MR) is 105 cm³/mol. The van der Waals surface area contributed by atoms with Crippen LogP contribution in [-0.2, 0) is 0 Å². The molecule has 138 valence electrons. The van der Waals surface area contributed by atoms with Crippen LogP contribution in [-0.4, -0.2) is 20.1 Å². The van der Waals surface area contributed by atoms with Crippen LogP contribution in [0.1, 0.15) is 15.9 Å². The third kappa shape index (κ3) is 4.58. The maximum Gasteiger partial charge on any atom is 0.255 e. The lowest BCUT2D eigenvalue weighted by atomic mass is 10.2. The number of anilines is 1. The molecule has 0 bridgehead atoms. The van der Waals surface area contributed by atoms with Crippen LogP contribution in [0.2, 0.25) is 0 Å². The number of methoxy groups -OCH3 is 2. The Labute approximate surface area is 158 Å². The summed E-state index contributed by atoms with van der Waals surface area (Å²) in [5, 5.41) is 2.85. The molecule has 3 aromatic rings. The molecule has 0 spiro atoms. The quantitative estimate of drug-likeness (QED) is 0.665. The summed E-state index contributed by atoms with van der Waals surface area (Å²) < 4.78 is 16.3. The minimum absolute atomic E-state index is 0.236. The van der Waals surface area contributed by atoms with Crippen molar-refractivity contribution in [1.29, 1.82) is 0 Å². The lowest BCUT2D eigenvalue weighted by Crippen LogP contribution is -2.12. The highest BCUT2D eigenvalue weighted by Crippen LogP contribution is 2.29. The largest absolute Gasteiger partial charge is 0.497 e. The number of benzene rings is 3. The van der Waals surface area contributed by atoms with Crippen molar-refractivity contribution >= 4 is 11.6 Å². The van der Waals surface area contributed by atoms with Crippen LogP contribution < -0.4 is 19.5 Å². The Kier molecular flexibility index (Phi) is 5.61. The molecule has 5 nitrogen and oxygen atoms in total. The second-order valence-electron chi connectivity index (χ2n) is 5.96. The van der Waals surface area contributed by atoms with Crippen LogP contribution in [0.4, 0.5) is 5.69 Å². The van der Waals surface area contributed by atoms with Crippen molar-refractivity contribution in [2.45, 2.75) is 6.92 Å². The number of carbonyl (C=O) groups excluding carboxylic acids is 1. The molecule has 0 aliphatic heterocycles. The van der Waals surface area contributed by atoms with Crippen LogP contribution in [0, 0.1) is 6.92 Å². The van der Waals surface area contributed by atoms with E-state index in [1.54, 1.807) is 56.7 Å². The summed E-state index contributed by atoms with van der Waals surface area (Å²) in [5.41, 5.74) is 2.21. The average molecular weight is 363 g/mol. The Morgan fingerprint density at radius 1 is 0.815 bits per heavy atom. The van der Waals surface area contributed by atoms with Gasteiger partial charge in [-0.25, -0.2) is 0 Å². The van der Waals surface area contributed by atoms with Gasteiger partial charge in [0.25, 0.3) is 5.91 Å². The van der Waals surface area contributed by atoms with E-state index in [2.05, 4.69) is 5.32 Å². The first-order valence-corrected chi connectivity index (χ1v) is 8.47. The van der Waals surface area contributed by atoms with Gasteiger partial charge in [-0.1, -0.05) is 12.1 Å². The van der Waals surface area contributed by atoms with Gasteiger partial charge >= 0.3 is 0 Å². The highest BCUT2D eigenvalue weighted by molar-refractivity contribution is 6.05. The fraction of sp³-hybridized carbons (Fsp3) is 0.136. The molecular weight excluding hydrogens is 342 g/mol. The first-order chi connectivity index (χ1) is 13.1. The van der Waals surface area contributed by atoms with E-state index in [0.29, 0.717) is 28.5 Å². The van der Waals surface area contributed by atoms with Crippen molar-refractivity contribution in [3.05, 3.63) is 77.9 Å². The van der Waals surface area contributed by atoms with Gasteiger partial charge in [0.2, 0.25) is 0 Å². The van der Waals surface area contributed by atoms with Crippen molar-refractivity contribution in [2.75, 3.05) is 19.5 Å². The molecule has 1 N–H and O–H groups in total. The molecule has 5 heteroatoms. The predicted octanol–water partition coefficient (Wildman–Crippen LogP) is 5.06. The fourth-order valence-electron chi connectivity index (χ4n) is 2.59. The monoisotopic (exact) mass is 363 g/mol. The second kappa shape index (κ2) is 8.27. The molecule has 3 rings (SSSR count). The number of carbonyl (C=O) groups is 1. The molecule has 27 heavy (non-hydrogen) atoms. The summed E-state index contributed by atoms with van der Waals surface area (Å²) in [4.78, 5) is 12.5. The smallest absolute Gasteiger partial charge is 0.255 e. The summed E-state index contributed by atoms with van der Waals surface area (Å²) in [5.74, 6) is 2.37. The molecule has 0 atom stereocenters. The zero-order chi connectivity index (χ0) is 19.2. The van der Waals surface area contributed by atoms with E-state index >= 15 is 0 Å². The Morgan fingerprint density at radius 3 is 2.22 bits per heavy atom. The summed E-state index contributed by atoms with van der Waals surface area (Å²) in [6, 6.07) is 20.0. The molecule has 1 amide bonds. The molecule has 0 aliphatic carbocycles. The third-order valence-electron chi connectivity index (χ3n) is 4.00. The van der Waals surface area contributed by atoms with Crippen molar-refractivity contribution in [3.8, 4) is 23.0 Å². The molecule has 3 aromatic carbocycles. The molecule has 0 fully saturated rings. The summed E-state index contributed by atoms with van der Waals surface area (Å²) in [7, 11) is 3.12. The normalized spacial score (nSPS) is 10.2. The number of hydrogen-bond acceptors (Lipinski definition) is 4. The Hall–Kier alpha value is -3.47. The third-order valence-corrected chi connectivity index (χ3v) is 4.00. The number of amides is 1. The van der Waals surface area contributed by atoms with E-state index in [0.717, 1.165) is 11.3 Å². The Bertz CT molecular complexity index is 935. The summed E-state index contributed by atoms with van der Waals surface area (Å²) in [6.45, 7) is 2.01. The van der Waals surface area contributed by atoms with Crippen molar-refractivity contribution in [3.63, 3.8) is 0 Å². The van der Waals surface area contributed by atoms with Gasteiger partial charge in [0, 0.05) is 11.6 Å². The highest BCUT2D eigenvalue weighted by Gasteiger charge is 2.11. The van der Waals surface area contributed by atoms with E-state index in [1.165, 1.54) is 0 Å². The lowest BCUT2D eigenvalue weighted by molar-refractivity contribution is 0.102.